The van der Waals surface area contributed by atoms with Crippen LogP contribution in [-0.2, 0) is 0 Å². The van der Waals surface area contributed by atoms with Gasteiger partial charge in [-0.25, -0.2) is 0 Å². The molecule has 0 radical (unpaired) electrons. The lowest BCUT2D eigenvalue weighted by molar-refractivity contribution is 0.414. The van der Waals surface area contributed by atoms with E-state index >= 15 is 0 Å². The first-order valence-corrected chi connectivity index (χ1v) is 7.58. The van der Waals surface area contributed by atoms with Crippen LogP contribution in [0.2, 0.25) is 0 Å². The van der Waals surface area contributed by atoms with Crippen LogP contribution in [0.4, 0.5) is 0 Å². The zero-order valence-corrected chi connectivity index (χ0v) is 13.3. The van der Waals surface area contributed by atoms with Crippen LogP contribution in [0.5, 0.6) is 5.75 Å². The predicted octanol–water partition coefficient (Wildman–Crippen LogP) is 4.63. The lowest BCUT2D eigenvalue weighted by Crippen LogP contribution is -2.04. The van der Waals surface area contributed by atoms with Crippen molar-refractivity contribution in [1.82, 2.24) is 0 Å². The molecular formula is C15H16BrNOS. The molecule has 0 aliphatic heterocycles. The van der Waals surface area contributed by atoms with Gasteiger partial charge in [-0.05, 0) is 64.8 Å². The van der Waals surface area contributed by atoms with Gasteiger partial charge < -0.3 is 10.5 Å². The standard InChI is InChI=1S/C15H16BrNOS/c1-10(17)11-3-8-15(14(16)9-11)19-13-6-4-12(18-2)5-7-13/h3-10H,17H2,1-2H3. The molecule has 2 nitrogen and oxygen atoms in total. The first kappa shape index (κ1) is 14.4. The van der Waals surface area contributed by atoms with Crippen LogP contribution in [0.3, 0.4) is 0 Å². The van der Waals surface area contributed by atoms with Gasteiger partial charge in [0.1, 0.15) is 5.75 Å². The maximum absolute atomic E-state index is 5.88. The number of benzene rings is 2. The van der Waals surface area contributed by atoms with Gasteiger partial charge in [-0.2, -0.15) is 0 Å². The summed E-state index contributed by atoms with van der Waals surface area (Å²) in [6.07, 6.45) is 0. The molecule has 0 amide bonds. The van der Waals surface area contributed by atoms with Crippen LogP contribution < -0.4 is 10.5 Å². The molecule has 2 rings (SSSR count). The van der Waals surface area contributed by atoms with E-state index in [2.05, 4.69) is 46.3 Å². The van der Waals surface area contributed by atoms with Crippen molar-refractivity contribution < 1.29 is 4.74 Å². The molecule has 2 aromatic carbocycles. The first-order chi connectivity index (χ1) is 9.10. The van der Waals surface area contributed by atoms with Gasteiger partial charge in [0.25, 0.3) is 0 Å². The minimum atomic E-state index is 0.0522. The van der Waals surface area contributed by atoms with Crippen molar-refractivity contribution in [1.29, 1.82) is 0 Å². The van der Waals surface area contributed by atoms with E-state index in [4.69, 9.17) is 10.5 Å². The second-order valence-corrected chi connectivity index (χ2v) is 6.23. The second-order valence-electron chi connectivity index (χ2n) is 4.26. The largest absolute Gasteiger partial charge is 0.497 e. The summed E-state index contributed by atoms with van der Waals surface area (Å²) in [5, 5.41) is 0. The van der Waals surface area contributed by atoms with Crippen molar-refractivity contribution in [3.63, 3.8) is 0 Å². The van der Waals surface area contributed by atoms with E-state index in [1.165, 1.54) is 9.79 Å². The number of halogens is 1. The van der Waals surface area contributed by atoms with Gasteiger partial charge in [-0.15, -0.1) is 0 Å². The monoisotopic (exact) mass is 337 g/mol. The summed E-state index contributed by atoms with van der Waals surface area (Å²) in [6, 6.07) is 14.3. The predicted molar refractivity (Wildman–Crippen MR) is 83.9 cm³/mol. The smallest absolute Gasteiger partial charge is 0.118 e. The molecule has 0 fully saturated rings. The van der Waals surface area contributed by atoms with E-state index in [-0.39, 0.29) is 6.04 Å². The first-order valence-electron chi connectivity index (χ1n) is 5.97. The van der Waals surface area contributed by atoms with E-state index < -0.39 is 0 Å². The van der Waals surface area contributed by atoms with Crippen LogP contribution in [0.25, 0.3) is 0 Å². The number of ether oxygens (including phenoxy) is 1. The molecule has 0 aliphatic rings. The Labute approximate surface area is 126 Å². The molecule has 2 aromatic rings. The quantitative estimate of drug-likeness (QED) is 0.883. The summed E-state index contributed by atoms with van der Waals surface area (Å²) in [5.41, 5.74) is 7.01. The highest BCUT2D eigenvalue weighted by Crippen LogP contribution is 2.35. The molecule has 1 unspecified atom stereocenters. The summed E-state index contributed by atoms with van der Waals surface area (Å²) in [5.74, 6) is 0.871. The molecule has 0 saturated carbocycles. The van der Waals surface area contributed by atoms with Gasteiger partial charge >= 0.3 is 0 Å². The van der Waals surface area contributed by atoms with Crippen LogP contribution in [-0.4, -0.2) is 7.11 Å². The zero-order valence-electron chi connectivity index (χ0n) is 10.9. The summed E-state index contributed by atoms with van der Waals surface area (Å²) in [7, 11) is 1.67. The molecule has 0 heterocycles. The Morgan fingerprint density at radius 3 is 2.37 bits per heavy atom. The Balaban J connectivity index is 2.18. The number of rotatable bonds is 4. The Morgan fingerprint density at radius 1 is 1.16 bits per heavy atom. The molecular weight excluding hydrogens is 322 g/mol. The fourth-order valence-electron chi connectivity index (χ4n) is 1.65. The minimum absolute atomic E-state index is 0.0522. The van der Waals surface area contributed by atoms with E-state index in [0.717, 1.165) is 15.8 Å². The number of nitrogens with two attached hydrogens (primary N) is 1. The topological polar surface area (TPSA) is 35.2 Å². The summed E-state index contributed by atoms with van der Waals surface area (Å²) < 4.78 is 6.23. The fourth-order valence-corrected chi connectivity index (χ4v) is 3.11. The average Bonchev–Trinajstić information content (AvgIpc) is 2.41. The summed E-state index contributed by atoms with van der Waals surface area (Å²) in [4.78, 5) is 2.35. The van der Waals surface area contributed by atoms with Crippen molar-refractivity contribution in [2.24, 2.45) is 5.73 Å². The van der Waals surface area contributed by atoms with Crippen molar-refractivity contribution in [3.05, 3.63) is 52.5 Å². The van der Waals surface area contributed by atoms with Crippen molar-refractivity contribution >= 4 is 27.7 Å². The normalized spacial score (nSPS) is 12.2. The average molecular weight is 338 g/mol. The Hall–Kier alpha value is -0.970. The molecule has 0 aromatic heterocycles. The van der Waals surface area contributed by atoms with Crippen molar-refractivity contribution in [2.75, 3.05) is 7.11 Å². The third-order valence-electron chi connectivity index (χ3n) is 2.77. The van der Waals surface area contributed by atoms with Gasteiger partial charge in [-0.3, -0.25) is 0 Å². The summed E-state index contributed by atoms with van der Waals surface area (Å²) in [6.45, 7) is 1.98. The van der Waals surface area contributed by atoms with E-state index in [1.807, 2.05) is 19.1 Å². The van der Waals surface area contributed by atoms with Gasteiger partial charge in [-0.1, -0.05) is 17.8 Å². The van der Waals surface area contributed by atoms with Crippen molar-refractivity contribution in [2.45, 2.75) is 22.8 Å². The van der Waals surface area contributed by atoms with Crippen LogP contribution in [0.1, 0.15) is 18.5 Å². The third kappa shape index (κ3) is 3.75. The van der Waals surface area contributed by atoms with Gasteiger partial charge in [0.05, 0.1) is 7.11 Å². The van der Waals surface area contributed by atoms with Crippen molar-refractivity contribution in [3.8, 4) is 5.75 Å². The highest BCUT2D eigenvalue weighted by Gasteiger charge is 2.06. The fraction of sp³-hybridized carbons (Fsp3) is 0.200. The molecule has 0 spiro atoms. The molecule has 0 aliphatic carbocycles. The molecule has 2 N–H and O–H groups in total. The third-order valence-corrected chi connectivity index (χ3v) is 4.77. The van der Waals surface area contributed by atoms with E-state index in [0.29, 0.717) is 0 Å². The Bertz CT molecular complexity index is 555. The highest BCUT2D eigenvalue weighted by atomic mass is 79.9. The van der Waals surface area contributed by atoms with E-state index in [1.54, 1.807) is 18.9 Å². The molecule has 1 atom stereocenters. The summed E-state index contributed by atoms with van der Waals surface area (Å²) >= 11 is 5.31. The number of methoxy groups -OCH3 is 1. The second kappa shape index (κ2) is 6.46. The maximum Gasteiger partial charge on any atom is 0.118 e. The maximum atomic E-state index is 5.88. The zero-order chi connectivity index (χ0) is 13.8. The van der Waals surface area contributed by atoms with Crippen LogP contribution in [0, 0.1) is 0 Å². The Kier molecular flexibility index (Phi) is 4.91. The molecule has 100 valence electrons. The van der Waals surface area contributed by atoms with Gasteiger partial charge in [0.15, 0.2) is 0 Å². The minimum Gasteiger partial charge on any atom is -0.497 e. The van der Waals surface area contributed by atoms with Gasteiger partial charge in [0.2, 0.25) is 0 Å². The van der Waals surface area contributed by atoms with Gasteiger partial charge in [0, 0.05) is 20.3 Å². The number of hydrogen-bond donors (Lipinski definition) is 1. The highest BCUT2D eigenvalue weighted by molar-refractivity contribution is 9.10. The molecule has 0 bridgehead atoms. The number of hydrogen-bond acceptors (Lipinski definition) is 3. The SMILES string of the molecule is COc1ccc(Sc2ccc(C(C)N)cc2Br)cc1. The molecule has 4 heteroatoms. The van der Waals surface area contributed by atoms with Crippen LogP contribution in [0.15, 0.2) is 56.7 Å². The van der Waals surface area contributed by atoms with E-state index in [9.17, 15) is 0 Å². The Morgan fingerprint density at radius 2 is 1.84 bits per heavy atom. The molecule has 19 heavy (non-hydrogen) atoms. The van der Waals surface area contributed by atoms with Crippen LogP contribution >= 0.6 is 27.7 Å². The lowest BCUT2D eigenvalue weighted by atomic mass is 10.1. The molecule has 0 saturated heterocycles. The lowest BCUT2D eigenvalue weighted by Gasteiger charge is -2.10.